The third kappa shape index (κ3) is 4.43. The first-order valence-corrected chi connectivity index (χ1v) is 12.1. The van der Waals surface area contributed by atoms with Crippen LogP contribution in [0.3, 0.4) is 0 Å². The summed E-state index contributed by atoms with van der Waals surface area (Å²) in [4.78, 5) is 13.1. The first-order valence-electron chi connectivity index (χ1n) is 11.2. The minimum absolute atomic E-state index is 0.942. The Morgan fingerprint density at radius 3 is 2.03 bits per heavy atom. The Kier molecular flexibility index (Phi) is 5.76. The molecule has 8 bridgehead atoms. The molecular formula is C29H25N3S. The molecule has 0 atom stereocenters. The second-order valence-electron chi connectivity index (χ2n) is 7.80. The number of rotatable bonds is 1. The summed E-state index contributed by atoms with van der Waals surface area (Å²) < 4.78 is 2.38. The Morgan fingerprint density at radius 2 is 1.30 bits per heavy atom. The van der Waals surface area contributed by atoms with Crippen LogP contribution in [0.1, 0.15) is 42.2 Å². The second-order valence-corrected chi connectivity index (χ2v) is 8.91. The molecule has 0 unspecified atom stereocenters. The topological polar surface area (TPSA) is 41.6 Å². The Hall–Kier alpha value is -3.76. The summed E-state index contributed by atoms with van der Waals surface area (Å²) in [6, 6.07) is 23.5. The van der Waals surface area contributed by atoms with Gasteiger partial charge in [-0.1, -0.05) is 43.7 Å². The van der Waals surface area contributed by atoms with Crippen LogP contribution < -0.4 is 0 Å². The maximum absolute atomic E-state index is 4.96. The number of benzene rings is 1. The number of aromatic nitrogens is 3. The van der Waals surface area contributed by atoms with Gasteiger partial charge in [0.25, 0.3) is 0 Å². The largest absolute Gasteiger partial charge is 0.355 e. The third-order valence-electron chi connectivity index (χ3n) is 5.44. The van der Waals surface area contributed by atoms with Crippen LogP contribution in [0.2, 0.25) is 0 Å². The van der Waals surface area contributed by atoms with Gasteiger partial charge in [0.15, 0.2) is 0 Å². The van der Waals surface area contributed by atoms with Gasteiger partial charge in [-0.05, 0) is 79.3 Å². The summed E-state index contributed by atoms with van der Waals surface area (Å²) in [5.74, 6) is 0. The maximum Gasteiger partial charge on any atom is 0.0730 e. The van der Waals surface area contributed by atoms with E-state index < -0.39 is 0 Å². The van der Waals surface area contributed by atoms with Crippen molar-refractivity contribution in [3.8, 4) is 11.1 Å². The van der Waals surface area contributed by atoms with Gasteiger partial charge in [-0.3, -0.25) is 0 Å². The average Bonchev–Trinajstić information content (AvgIpc) is 3.62. The van der Waals surface area contributed by atoms with Gasteiger partial charge in [0, 0.05) is 26.0 Å². The van der Waals surface area contributed by atoms with E-state index in [2.05, 4.69) is 103 Å². The van der Waals surface area contributed by atoms with Gasteiger partial charge in [-0.25, -0.2) is 9.97 Å². The summed E-state index contributed by atoms with van der Waals surface area (Å²) in [6.45, 7) is 6.11. The number of H-pyrrole nitrogens is 1. The minimum Gasteiger partial charge on any atom is -0.355 e. The van der Waals surface area contributed by atoms with Crippen LogP contribution in [0.15, 0.2) is 66.7 Å². The molecule has 0 saturated carbocycles. The van der Waals surface area contributed by atoms with Crippen LogP contribution in [-0.4, -0.2) is 15.0 Å². The van der Waals surface area contributed by atoms with Crippen LogP contribution in [-0.2, 0) is 0 Å². The quantitative estimate of drug-likeness (QED) is 0.275. The SMILES string of the molecule is CC.Cc1ccc(-c2c3nc(cc4ccc(cc5nc(cc6ccc2s6)C=C5)[nH]4)C=C3)cc1. The van der Waals surface area contributed by atoms with Gasteiger partial charge in [-0.2, -0.15) is 0 Å². The lowest BCUT2D eigenvalue weighted by Gasteiger charge is -2.04. The highest BCUT2D eigenvalue weighted by atomic mass is 32.1. The summed E-state index contributed by atoms with van der Waals surface area (Å²) >= 11 is 1.77. The standard InChI is InChI=1S/C27H19N3S.C2H6/c1-17-2-4-18(5-3-17)27-25-12-10-22(30-25)15-21-7-6-19(28-21)14-20-8-9-23(29-20)16-24-11-13-26(27)31-24;1-2/h2-16,28H,1H3;1-2H3. The van der Waals surface area contributed by atoms with Gasteiger partial charge >= 0.3 is 0 Å². The number of nitrogens with zero attached hydrogens (tertiary/aromatic N) is 2. The number of hydrogen-bond acceptors (Lipinski definition) is 3. The van der Waals surface area contributed by atoms with Crippen molar-refractivity contribution in [2.24, 2.45) is 0 Å². The highest BCUT2D eigenvalue weighted by Gasteiger charge is 2.11. The Bertz CT molecular complexity index is 1530. The van der Waals surface area contributed by atoms with E-state index >= 15 is 0 Å². The highest BCUT2D eigenvalue weighted by Crippen LogP contribution is 2.34. The molecule has 0 aliphatic carbocycles. The zero-order valence-corrected chi connectivity index (χ0v) is 19.8. The molecule has 0 spiro atoms. The molecule has 162 valence electrons. The minimum atomic E-state index is 0.942. The average molecular weight is 448 g/mol. The molecule has 1 N–H and O–H groups in total. The number of aryl methyl sites for hydroxylation is 1. The predicted octanol–water partition coefficient (Wildman–Crippen LogP) is 8.39. The fourth-order valence-corrected chi connectivity index (χ4v) is 4.95. The first kappa shape index (κ1) is 21.1. The van der Waals surface area contributed by atoms with Crippen molar-refractivity contribution in [3.05, 3.63) is 95.1 Å². The van der Waals surface area contributed by atoms with Crippen molar-refractivity contribution < 1.29 is 0 Å². The lowest BCUT2D eigenvalue weighted by Crippen LogP contribution is -1.84. The number of aromatic amines is 1. The fourth-order valence-electron chi connectivity index (χ4n) is 3.92. The van der Waals surface area contributed by atoms with E-state index in [0.717, 1.165) is 39.4 Å². The van der Waals surface area contributed by atoms with Crippen molar-refractivity contribution in [2.75, 3.05) is 0 Å². The molecule has 33 heavy (non-hydrogen) atoms. The summed E-state index contributed by atoms with van der Waals surface area (Å²) in [7, 11) is 0. The van der Waals surface area contributed by atoms with Crippen molar-refractivity contribution in [1.29, 1.82) is 0 Å². The summed E-state index contributed by atoms with van der Waals surface area (Å²) in [5, 5.41) is 0. The molecule has 3 nitrogen and oxygen atoms in total. The first-order chi connectivity index (χ1) is 16.2. The van der Waals surface area contributed by atoms with Crippen molar-refractivity contribution in [1.82, 2.24) is 15.0 Å². The number of thiophene rings is 1. The smallest absolute Gasteiger partial charge is 0.0730 e. The van der Waals surface area contributed by atoms with Crippen LogP contribution in [0.5, 0.6) is 0 Å². The fraction of sp³-hybridized carbons (Fsp3) is 0.103. The van der Waals surface area contributed by atoms with Crippen LogP contribution >= 0.6 is 11.3 Å². The number of fused-ring (bicyclic) bond motifs is 8. The molecule has 2 aliphatic rings. The molecular weight excluding hydrogens is 422 g/mol. The Labute approximate surface area is 197 Å². The second kappa shape index (κ2) is 9.00. The van der Waals surface area contributed by atoms with Crippen LogP contribution in [0, 0.1) is 6.92 Å². The van der Waals surface area contributed by atoms with E-state index in [0.29, 0.717) is 0 Å². The van der Waals surface area contributed by atoms with Gasteiger partial charge in [0.2, 0.25) is 0 Å². The molecule has 4 heteroatoms. The van der Waals surface area contributed by atoms with Gasteiger partial charge < -0.3 is 4.98 Å². The lowest BCUT2D eigenvalue weighted by molar-refractivity contribution is 1.32. The lowest BCUT2D eigenvalue weighted by atomic mass is 10.0. The summed E-state index contributed by atoms with van der Waals surface area (Å²) in [6.07, 6.45) is 8.31. The zero-order chi connectivity index (χ0) is 22.8. The van der Waals surface area contributed by atoms with Gasteiger partial charge in [0.1, 0.15) is 0 Å². The van der Waals surface area contributed by atoms with Crippen molar-refractivity contribution >= 4 is 56.1 Å². The summed E-state index contributed by atoms with van der Waals surface area (Å²) in [5.41, 5.74) is 9.49. The molecule has 3 aromatic heterocycles. The van der Waals surface area contributed by atoms with Crippen molar-refractivity contribution in [2.45, 2.75) is 20.8 Å². The van der Waals surface area contributed by atoms with Crippen molar-refractivity contribution in [3.63, 3.8) is 0 Å². The van der Waals surface area contributed by atoms with E-state index in [9.17, 15) is 0 Å². The van der Waals surface area contributed by atoms with E-state index in [1.807, 2.05) is 13.8 Å². The van der Waals surface area contributed by atoms with Crippen LogP contribution in [0.25, 0.3) is 55.9 Å². The van der Waals surface area contributed by atoms with Gasteiger partial charge in [-0.15, -0.1) is 11.3 Å². The monoisotopic (exact) mass is 447 g/mol. The maximum atomic E-state index is 4.96. The van der Waals surface area contributed by atoms with E-state index in [1.54, 1.807) is 11.3 Å². The zero-order valence-electron chi connectivity index (χ0n) is 19.0. The third-order valence-corrected chi connectivity index (χ3v) is 6.49. The molecule has 6 rings (SSSR count). The molecule has 4 aromatic rings. The molecule has 0 radical (unpaired) electrons. The molecule has 0 amide bonds. The van der Waals surface area contributed by atoms with Gasteiger partial charge in [0.05, 0.1) is 22.8 Å². The van der Waals surface area contributed by atoms with E-state index in [1.165, 1.54) is 20.5 Å². The Morgan fingerprint density at radius 1 is 0.667 bits per heavy atom. The van der Waals surface area contributed by atoms with Crippen LogP contribution in [0.4, 0.5) is 0 Å². The van der Waals surface area contributed by atoms with E-state index in [-0.39, 0.29) is 0 Å². The Balaban J connectivity index is 0.00000111. The van der Waals surface area contributed by atoms with E-state index in [4.69, 9.17) is 9.97 Å². The predicted molar refractivity (Wildman–Crippen MR) is 144 cm³/mol. The molecule has 2 aliphatic heterocycles. The number of nitrogens with one attached hydrogen (secondary N) is 1. The molecule has 0 fully saturated rings. The highest BCUT2D eigenvalue weighted by molar-refractivity contribution is 7.23. The number of hydrogen-bond donors (Lipinski definition) is 1. The normalized spacial score (nSPS) is 11.8. The molecule has 1 aromatic carbocycles. The molecule has 5 heterocycles. The molecule has 0 saturated heterocycles.